The number of hydrogen-bond donors (Lipinski definition) is 2. The third kappa shape index (κ3) is 3.05. The molecule has 2 heterocycles. The Labute approximate surface area is 133 Å². The molecule has 0 aliphatic carbocycles. The van der Waals surface area contributed by atoms with Crippen LogP contribution in [0.5, 0.6) is 0 Å². The van der Waals surface area contributed by atoms with Crippen LogP contribution >= 0.6 is 0 Å². The fourth-order valence-electron chi connectivity index (χ4n) is 2.86. The Morgan fingerprint density at radius 2 is 2.00 bits per heavy atom. The summed E-state index contributed by atoms with van der Waals surface area (Å²) in [6.07, 6.45) is 0. The highest BCUT2D eigenvalue weighted by Gasteiger charge is 2.35. The molecule has 1 aromatic rings. The summed E-state index contributed by atoms with van der Waals surface area (Å²) in [6, 6.07) is 4.89. The normalized spacial score (nSPS) is 21.7. The van der Waals surface area contributed by atoms with E-state index < -0.39 is 17.9 Å². The number of benzene rings is 1. The molecule has 2 aliphatic heterocycles. The van der Waals surface area contributed by atoms with Crippen molar-refractivity contribution in [3.63, 3.8) is 0 Å². The van der Waals surface area contributed by atoms with Crippen LogP contribution in [0.2, 0.25) is 0 Å². The number of allylic oxidation sites excluding steroid dienone is 1. The first-order valence-corrected chi connectivity index (χ1v) is 7.47. The second-order valence-electron chi connectivity index (χ2n) is 5.50. The highest BCUT2D eigenvalue weighted by molar-refractivity contribution is 5.98. The maximum atomic E-state index is 14.2. The molecule has 0 unspecified atom stereocenters. The fourth-order valence-corrected chi connectivity index (χ4v) is 2.86. The molecular formula is C16H18FN3O3. The van der Waals surface area contributed by atoms with Gasteiger partial charge in [-0.25, -0.2) is 9.18 Å². The summed E-state index contributed by atoms with van der Waals surface area (Å²) in [5.41, 5.74) is 1.08. The van der Waals surface area contributed by atoms with Crippen LogP contribution in [0.4, 0.5) is 9.18 Å². The second-order valence-corrected chi connectivity index (χ2v) is 5.50. The molecule has 3 amide bonds. The summed E-state index contributed by atoms with van der Waals surface area (Å²) in [4.78, 5) is 26.3. The summed E-state index contributed by atoms with van der Waals surface area (Å²) >= 11 is 0. The zero-order chi connectivity index (χ0) is 16.4. The molecule has 3 rings (SSSR count). The molecule has 1 fully saturated rings. The van der Waals surface area contributed by atoms with Crippen molar-refractivity contribution in [3.8, 4) is 0 Å². The number of hydrogen-bond acceptors (Lipinski definition) is 3. The number of nitrogens with zero attached hydrogens (tertiary/aromatic N) is 1. The molecule has 0 bridgehead atoms. The van der Waals surface area contributed by atoms with Crippen LogP contribution in [0, 0.1) is 5.82 Å². The standard InChI is InChI=1S/C16H18FN3O3/c1-10-13(15(21)20-6-8-23-9-7-20)14(19-16(22)18-10)11-4-2-3-5-12(11)17/h2-5,14H,6-9H2,1H3,(H2,18,19,22)/t14-/m1/s1. The molecule has 1 atom stereocenters. The van der Waals surface area contributed by atoms with Gasteiger partial charge in [-0.05, 0) is 13.0 Å². The van der Waals surface area contributed by atoms with E-state index in [1.54, 1.807) is 30.0 Å². The average molecular weight is 319 g/mol. The highest BCUT2D eigenvalue weighted by atomic mass is 19.1. The zero-order valence-corrected chi connectivity index (χ0v) is 12.8. The summed E-state index contributed by atoms with van der Waals surface area (Å²) < 4.78 is 19.4. The van der Waals surface area contributed by atoms with Gasteiger partial charge in [-0.3, -0.25) is 4.79 Å². The van der Waals surface area contributed by atoms with Crippen molar-refractivity contribution in [2.45, 2.75) is 13.0 Å². The molecule has 23 heavy (non-hydrogen) atoms. The number of ether oxygens (including phenoxy) is 1. The van der Waals surface area contributed by atoms with Crippen molar-refractivity contribution < 1.29 is 18.7 Å². The molecule has 0 saturated carbocycles. The number of urea groups is 1. The van der Waals surface area contributed by atoms with Crippen molar-refractivity contribution in [2.75, 3.05) is 26.3 Å². The van der Waals surface area contributed by atoms with Gasteiger partial charge >= 0.3 is 6.03 Å². The highest BCUT2D eigenvalue weighted by Crippen LogP contribution is 2.29. The first-order chi connectivity index (χ1) is 11.1. The van der Waals surface area contributed by atoms with Crippen molar-refractivity contribution in [3.05, 3.63) is 46.9 Å². The van der Waals surface area contributed by atoms with E-state index in [0.29, 0.717) is 37.6 Å². The van der Waals surface area contributed by atoms with E-state index in [1.165, 1.54) is 6.07 Å². The maximum absolute atomic E-state index is 14.2. The van der Waals surface area contributed by atoms with Crippen LogP contribution in [0.1, 0.15) is 18.5 Å². The average Bonchev–Trinajstić information content (AvgIpc) is 2.55. The Morgan fingerprint density at radius 1 is 1.30 bits per heavy atom. The van der Waals surface area contributed by atoms with Gasteiger partial charge in [0.15, 0.2) is 0 Å². The fraction of sp³-hybridized carbons (Fsp3) is 0.375. The first kappa shape index (κ1) is 15.5. The van der Waals surface area contributed by atoms with E-state index >= 15 is 0 Å². The van der Waals surface area contributed by atoms with Crippen LogP contribution in [0.3, 0.4) is 0 Å². The zero-order valence-electron chi connectivity index (χ0n) is 12.8. The van der Waals surface area contributed by atoms with Crippen molar-refractivity contribution in [2.24, 2.45) is 0 Å². The Bertz CT molecular complexity index is 668. The minimum Gasteiger partial charge on any atom is -0.378 e. The van der Waals surface area contributed by atoms with E-state index in [9.17, 15) is 14.0 Å². The van der Waals surface area contributed by atoms with Gasteiger partial charge < -0.3 is 20.3 Å². The number of carbonyl (C=O) groups is 2. The molecule has 2 aliphatic rings. The Hall–Kier alpha value is -2.41. The van der Waals surface area contributed by atoms with Crippen LogP contribution in [0.15, 0.2) is 35.5 Å². The van der Waals surface area contributed by atoms with Crippen LogP contribution in [-0.2, 0) is 9.53 Å². The van der Waals surface area contributed by atoms with Gasteiger partial charge in [0.2, 0.25) is 0 Å². The smallest absolute Gasteiger partial charge is 0.319 e. The van der Waals surface area contributed by atoms with Crippen molar-refractivity contribution >= 4 is 11.9 Å². The molecule has 0 spiro atoms. The minimum atomic E-state index is -0.805. The minimum absolute atomic E-state index is 0.216. The van der Waals surface area contributed by atoms with E-state index in [-0.39, 0.29) is 11.5 Å². The Morgan fingerprint density at radius 3 is 2.70 bits per heavy atom. The largest absolute Gasteiger partial charge is 0.378 e. The Kier molecular flexibility index (Phi) is 4.29. The third-order valence-electron chi connectivity index (χ3n) is 4.01. The van der Waals surface area contributed by atoms with E-state index in [1.807, 2.05) is 0 Å². The van der Waals surface area contributed by atoms with Crippen molar-refractivity contribution in [1.29, 1.82) is 0 Å². The summed E-state index contributed by atoms with van der Waals surface area (Å²) in [7, 11) is 0. The van der Waals surface area contributed by atoms with Gasteiger partial charge in [-0.15, -0.1) is 0 Å². The lowest BCUT2D eigenvalue weighted by molar-refractivity contribution is -0.131. The SMILES string of the molecule is CC1=C(C(=O)N2CCOCC2)[C@@H](c2ccccc2F)NC(=O)N1. The van der Waals surface area contributed by atoms with Gasteiger partial charge in [0, 0.05) is 24.4 Å². The quantitative estimate of drug-likeness (QED) is 0.863. The van der Waals surface area contributed by atoms with Gasteiger partial charge in [0.05, 0.1) is 24.8 Å². The number of carbonyl (C=O) groups excluding carboxylic acids is 2. The van der Waals surface area contributed by atoms with Gasteiger partial charge in [-0.1, -0.05) is 18.2 Å². The third-order valence-corrected chi connectivity index (χ3v) is 4.01. The topological polar surface area (TPSA) is 70.7 Å². The maximum Gasteiger partial charge on any atom is 0.319 e. The number of rotatable bonds is 2. The molecule has 0 aromatic heterocycles. The van der Waals surface area contributed by atoms with Crippen LogP contribution in [-0.4, -0.2) is 43.1 Å². The van der Waals surface area contributed by atoms with Gasteiger partial charge in [-0.2, -0.15) is 0 Å². The van der Waals surface area contributed by atoms with Crippen LogP contribution in [0.25, 0.3) is 0 Å². The van der Waals surface area contributed by atoms with E-state index in [0.717, 1.165) is 0 Å². The molecule has 7 heteroatoms. The number of nitrogens with one attached hydrogen (secondary N) is 2. The molecule has 1 aromatic carbocycles. The summed E-state index contributed by atoms with van der Waals surface area (Å²) in [6.45, 7) is 3.56. The molecular weight excluding hydrogens is 301 g/mol. The van der Waals surface area contributed by atoms with Crippen molar-refractivity contribution in [1.82, 2.24) is 15.5 Å². The predicted octanol–water partition coefficient (Wildman–Crippen LogP) is 1.31. The molecule has 2 N–H and O–H groups in total. The lowest BCUT2D eigenvalue weighted by atomic mass is 9.94. The van der Waals surface area contributed by atoms with E-state index in [4.69, 9.17) is 4.74 Å². The monoisotopic (exact) mass is 319 g/mol. The van der Waals surface area contributed by atoms with Crippen LogP contribution < -0.4 is 10.6 Å². The summed E-state index contributed by atoms with van der Waals surface area (Å²) in [5.74, 6) is -0.675. The summed E-state index contributed by atoms with van der Waals surface area (Å²) in [5, 5.41) is 5.24. The first-order valence-electron chi connectivity index (χ1n) is 7.47. The molecule has 122 valence electrons. The van der Waals surface area contributed by atoms with Gasteiger partial charge in [0.25, 0.3) is 5.91 Å². The number of amides is 3. The lowest BCUT2D eigenvalue weighted by Crippen LogP contribution is -2.49. The predicted molar refractivity (Wildman–Crippen MR) is 80.9 cm³/mol. The molecule has 0 radical (unpaired) electrons. The number of morpholine rings is 1. The van der Waals surface area contributed by atoms with E-state index in [2.05, 4.69) is 10.6 Å². The molecule has 1 saturated heterocycles. The second kappa shape index (κ2) is 6.37. The Balaban J connectivity index is 1.99. The van der Waals surface area contributed by atoms with Gasteiger partial charge in [0.1, 0.15) is 5.82 Å². The molecule has 6 nitrogen and oxygen atoms in total. The number of halogens is 1. The lowest BCUT2D eigenvalue weighted by Gasteiger charge is -2.34.